The molecule has 0 amide bonds. The van der Waals surface area contributed by atoms with Crippen LogP contribution in [-0.4, -0.2) is 0 Å². The summed E-state index contributed by atoms with van der Waals surface area (Å²) in [6.07, 6.45) is 11.5. The van der Waals surface area contributed by atoms with E-state index in [1.54, 1.807) is 0 Å². The predicted octanol–water partition coefficient (Wildman–Crippen LogP) is 2.24. The Labute approximate surface area is 67.0 Å². The van der Waals surface area contributed by atoms with Crippen molar-refractivity contribution in [2.24, 2.45) is 35.5 Å². The summed E-state index contributed by atoms with van der Waals surface area (Å²) in [7, 11) is 0. The lowest BCUT2D eigenvalue weighted by Gasteiger charge is -2.26. The first-order valence-corrected chi connectivity index (χ1v) is 4.82. The largest absolute Gasteiger partial charge is 0.0842 e. The topological polar surface area (TPSA) is 0 Å². The maximum Gasteiger partial charge on any atom is -0.0133 e. The van der Waals surface area contributed by atoms with Crippen LogP contribution in [-0.2, 0) is 0 Å². The van der Waals surface area contributed by atoms with Crippen molar-refractivity contribution in [1.82, 2.24) is 0 Å². The van der Waals surface area contributed by atoms with Crippen LogP contribution in [0.2, 0.25) is 0 Å². The van der Waals surface area contributed by atoms with Crippen LogP contribution in [0.1, 0.15) is 6.42 Å². The average molecular weight is 144 g/mol. The maximum atomic E-state index is 2.50. The Morgan fingerprint density at radius 1 is 0.636 bits per heavy atom. The quantitative estimate of drug-likeness (QED) is 0.457. The third-order valence-electron chi connectivity index (χ3n) is 4.52. The molecule has 0 aromatic heterocycles. The molecule has 0 aromatic carbocycles. The standard InChI is InChI=1S/C11H12/c1-2-7-9-4-3-8-6(1)10(7)5-11(8)9/h1-4,6-11H,5H2. The van der Waals surface area contributed by atoms with E-state index in [2.05, 4.69) is 24.3 Å². The van der Waals surface area contributed by atoms with E-state index in [1.807, 2.05) is 0 Å². The molecule has 2 saturated carbocycles. The molecule has 11 heavy (non-hydrogen) atoms. The first-order chi connectivity index (χ1) is 5.45. The van der Waals surface area contributed by atoms with E-state index in [-0.39, 0.29) is 0 Å². The lowest BCUT2D eigenvalue weighted by atomic mass is 9.78. The van der Waals surface area contributed by atoms with Gasteiger partial charge in [0.25, 0.3) is 0 Å². The van der Waals surface area contributed by atoms with E-state index < -0.39 is 0 Å². The van der Waals surface area contributed by atoms with Gasteiger partial charge >= 0.3 is 0 Å². The Bertz CT molecular complexity index is 222. The molecule has 0 heteroatoms. The Morgan fingerprint density at radius 3 is 1.36 bits per heavy atom. The van der Waals surface area contributed by atoms with Gasteiger partial charge in [-0.1, -0.05) is 24.3 Å². The first-order valence-electron chi connectivity index (χ1n) is 4.82. The van der Waals surface area contributed by atoms with Crippen LogP contribution in [0.3, 0.4) is 0 Å². The summed E-state index contributed by atoms with van der Waals surface area (Å²) < 4.78 is 0. The van der Waals surface area contributed by atoms with Gasteiger partial charge < -0.3 is 0 Å². The molecule has 4 rings (SSSR count). The molecule has 56 valence electrons. The second kappa shape index (κ2) is 1.35. The van der Waals surface area contributed by atoms with Gasteiger partial charge in [-0.25, -0.2) is 0 Å². The van der Waals surface area contributed by atoms with Gasteiger partial charge in [-0.2, -0.15) is 0 Å². The zero-order valence-electron chi connectivity index (χ0n) is 6.48. The molecule has 0 spiro atoms. The second-order valence-electron chi connectivity index (χ2n) is 4.64. The molecule has 2 fully saturated rings. The number of rotatable bonds is 0. The van der Waals surface area contributed by atoms with Gasteiger partial charge in [-0.15, -0.1) is 0 Å². The molecule has 0 saturated heterocycles. The summed E-state index contributed by atoms with van der Waals surface area (Å²) in [6, 6.07) is 0. The van der Waals surface area contributed by atoms with Crippen LogP contribution >= 0.6 is 0 Å². The zero-order valence-corrected chi connectivity index (χ0v) is 6.48. The van der Waals surface area contributed by atoms with Crippen molar-refractivity contribution < 1.29 is 0 Å². The molecule has 0 heterocycles. The Hall–Kier alpha value is -0.520. The van der Waals surface area contributed by atoms with Crippen LogP contribution in [0.25, 0.3) is 0 Å². The average Bonchev–Trinajstić information content (AvgIpc) is 2.42. The van der Waals surface area contributed by atoms with Crippen LogP contribution in [0.5, 0.6) is 0 Å². The maximum absolute atomic E-state index is 2.50. The zero-order chi connectivity index (χ0) is 7.00. The minimum atomic E-state index is 0.958. The van der Waals surface area contributed by atoms with Crippen LogP contribution in [0.15, 0.2) is 24.3 Å². The van der Waals surface area contributed by atoms with Crippen molar-refractivity contribution in [3.63, 3.8) is 0 Å². The fraction of sp³-hybridized carbons (Fsp3) is 0.636. The van der Waals surface area contributed by atoms with Gasteiger partial charge in [0.2, 0.25) is 0 Å². The molecule has 0 aliphatic heterocycles. The highest BCUT2D eigenvalue weighted by atomic mass is 14.6. The van der Waals surface area contributed by atoms with Gasteiger partial charge in [-0.3, -0.25) is 0 Å². The van der Waals surface area contributed by atoms with E-state index in [9.17, 15) is 0 Å². The molecule has 2 bridgehead atoms. The SMILES string of the molecule is C1=CC2C3C=CC4C1C2CC43. The Kier molecular flexibility index (Phi) is 0.636. The van der Waals surface area contributed by atoms with Crippen LogP contribution in [0, 0.1) is 35.5 Å². The predicted molar refractivity (Wildman–Crippen MR) is 43.8 cm³/mol. The Balaban J connectivity index is 2.01. The number of hydrogen-bond acceptors (Lipinski definition) is 0. The van der Waals surface area contributed by atoms with Gasteiger partial charge in [0.05, 0.1) is 0 Å². The molecule has 4 atom stereocenters. The molecular formula is C11H12. The molecule has 4 aliphatic carbocycles. The van der Waals surface area contributed by atoms with Gasteiger partial charge in [-0.05, 0) is 41.9 Å². The van der Waals surface area contributed by atoms with Crippen molar-refractivity contribution in [2.45, 2.75) is 6.42 Å². The van der Waals surface area contributed by atoms with Crippen molar-refractivity contribution in [2.75, 3.05) is 0 Å². The summed E-state index contributed by atoms with van der Waals surface area (Å²) in [5, 5.41) is 0. The minimum Gasteiger partial charge on any atom is -0.0842 e. The van der Waals surface area contributed by atoms with Crippen LogP contribution in [0.4, 0.5) is 0 Å². The van der Waals surface area contributed by atoms with Gasteiger partial charge in [0, 0.05) is 0 Å². The minimum absolute atomic E-state index is 0.958. The third-order valence-corrected chi connectivity index (χ3v) is 4.52. The fourth-order valence-corrected chi connectivity index (χ4v) is 4.20. The molecule has 0 N–H and O–H groups in total. The lowest BCUT2D eigenvalue weighted by molar-refractivity contribution is 0.261. The molecule has 4 unspecified atom stereocenters. The number of hydrogen-bond donors (Lipinski definition) is 0. The van der Waals surface area contributed by atoms with E-state index >= 15 is 0 Å². The molecule has 0 radical (unpaired) electrons. The Morgan fingerprint density at radius 2 is 1.00 bits per heavy atom. The van der Waals surface area contributed by atoms with Crippen LogP contribution < -0.4 is 0 Å². The second-order valence-corrected chi connectivity index (χ2v) is 4.64. The van der Waals surface area contributed by atoms with Gasteiger partial charge in [0.15, 0.2) is 0 Å². The summed E-state index contributed by atoms with van der Waals surface area (Å²) in [4.78, 5) is 0. The highest BCUT2D eigenvalue weighted by Gasteiger charge is 2.59. The molecule has 0 aromatic rings. The highest BCUT2D eigenvalue weighted by molar-refractivity contribution is 5.30. The first kappa shape index (κ1) is 5.18. The number of fused-ring (bicyclic) bond motifs is 2. The normalized spacial score (nSPS) is 66.9. The van der Waals surface area contributed by atoms with E-state index in [0.717, 1.165) is 35.5 Å². The lowest BCUT2D eigenvalue weighted by Crippen LogP contribution is -2.22. The van der Waals surface area contributed by atoms with Crippen molar-refractivity contribution in [3.8, 4) is 0 Å². The van der Waals surface area contributed by atoms with E-state index in [1.165, 1.54) is 6.42 Å². The molecule has 4 aliphatic rings. The molecule has 0 nitrogen and oxygen atoms in total. The van der Waals surface area contributed by atoms with E-state index in [0.29, 0.717) is 0 Å². The van der Waals surface area contributed by atoms with Crippen molar-refractivity contribution in [3.05, 3.63) is 24.3 Å². The van der Waals surface area contributed by atoms with E-state index in [4.69, 9.17) is 0 Å². The fourth-order valence-electron chi connectivity index (χ4n) is 4.20. The summed E-state index contributed by atoms with van der Waals surface area (Å²) >= 11 is 0. The monoisotopic (exact) mass is 144 g/mol. The van der Waals surface area contributed by atoms with Crippen molar-refractivity contribution in [1.29, 1.82) is 0 Å². The third kappa shape index (κ3) is 0.378. The number of allylic oxidation sites excluding steroid dienone is 4. The summed E-state index contributed by atoms with van der Waals surface area (Å²) in [5.74, 6) is 5.95. The smallest absolute Gasteiger partial charge is 0.0133 e. The highest BCUT2D eigenvalue weighted by Crippen LogP contribution is 2.65. The van der Waals surface area contributed by atoms with Crippen molar-refractivity contribution >= 4 is 0 Å². The summed E-state index contributed by atoms with van der Waals surface area (Å²) in [6.45, 7) is 0. The van der Waals surface area contributed by atoms with Gasteiger partial charge in [0.1, 0.15) is 0 Å². The summed E-state index contributed by atoms with van der Waals surface area (Å²) in [5.41, 5.74) is 0. The molecular weight excluding hydrogens is 132 g/mol.